The number of hydrogen-bond donors (Lipinski definition) is 2. The molecule has 11 heteroatoms. The molecule has 4 aliphatic rings. The molecule has 8 nitrogen and oxygen atoms in total. The maximum absolute atomic E-state index is 13.6. The van der Waals surface area contributed by atoms with Crippen LogP contribution in [0.25, 0.3) is 0 Å². The van der Waals surface area contributed by atoms with Crippen molar-refractivity contribution in [1.29, 1.82) is 0 Å². The standard InChI is InChI=1S/C31H40ClFN4O4S/c1-17-11-26(42-4)24(30(39)35-17)13-34-29(38)23-12-25(32)28-27(18(23)2)40-31(3,41-28)19-5-7-21(8-6-19)37-15-22(16-37)36-10-9-20(33)14-36/h11-12,19-22H,5-10,13-16H2,1-4H3,(H,34,38)(H,35,39)/t19?,20-,21?,31?/m1/s1. The van der Waals surface area contributed by atoms with Gasteiger partial charge in [-0.1, -0.05) is 11.6 Å². The monoisotopic (exact) mass is 618 g/mol. The Kier molecular flexibility index (Phi) is 8.28. The van der Waals surface area contributed by atoms with Gasteiger partial charge in [-0.15, -0.1) is 11.8 Å². The highest BCUT2D eigenvalue weighted by molar-refractivity contribution is 7.98. The number of ether oxygens (including phenoxy) is 2. The molecule has 3 fully saturated rings. The molecule has 0 spiro atoms. The summed E-state index contributed by atoms with van der Waals surface area (Å²) in [6.07, 6.45) is 6.00. The third kappa shape index (κ3) is 5.55. The molecular formula is C31H40ClFN4O4S. The molecule has 1 aliphatic carbocycles. The summed E-state index contributed by atoms with van der Waals surface area (Å²) >= 11 is 8.13. The van der Waals surface area contributed by atoms with Gasteiger partial charge in [-0.25, -0.2) is 4.39 Å². The Hall–Kier alpha value is -2.27. The molecule has 2 saturated heterocycles. The Morgan fingerprint density at radius 1 is 1.10 bits per heavy atom. The number of likely N-dealkylation sites (tertiary alicyclic amines) is 2. The van der Waals surface area contributed by atoms with Gasteiger partial charge < -0.3 is 19.8 Å². The summed E-state index contributed by atoms with van der Waals surface area (Å²) in [6.45, 7) is 9.30. The van der Waals surface area contributed by atoms with Crippen LogP contribution in [0.4, 0.5) is 4.39 Å². The van der Waals surface area contributed by atoms with Gasteiger partial charge in [-0.3, -0.25) is 19.4 Å². The number of aryl methyl sites for hydroxylation is 1. The second-order valence-electron chi connectivity index (χ2n) is 12.4. The molecule has 2 aromatic rings. The second kappa shape index (κ2) is 11.7. The van der Waals surface area contributed by atoms with Gasteiger partial charge >= 0.3 is 0 Å². The highest BCUT2D eigenvalue weighted by Gasteiger charge is 2.49. The van der Waals surface area contributed by atoms with Crippen LogP contribution >= 0.6 is 23.4 Å². The van der Waals surface area contributed by atoms with Gasteiger partial charge in [0, 0.05) is 84.9 Å². The molecule has 1 amide bonds. The number of thioether (sulfide) groups is 1. The van der Waals surface area contributed by atoms with Crippen molar-refractivity contribution in [3.63, 3.8) is 0 Å². The molecule has 0 bridgehead atoms. The number of alkyl halides is 1. The highest BCUT2D eigenvalue weighted by Crippen LogP contribution is 2.52. The van der Waals surface area contributed by atoms with Crippen LogP contribution in [0.1, 0.15) is 66.2 Å². The summed E-state index contributed by atoms with van der Waals surface area (Å²) < 4.78 is 26.5. The van der Waals surface area contributed by atoms with E-state index in [1.54, 1.807) is 6.07 Å². The number of H-pyrrole nitrogens is 1. The number of hydrogen-bond acceptors (Lipinski definition) is 7. The Bertz CT molecular complexity index is 1420. The lowest BCUT2D eigenvalue weighted by Gasteiger charge is -2.50. The van der Waals surface area contributed by atoms with Gasteiger partial charge in [0.25, 0.3) is 17.3 Å². The predicted molar refractivity (Wildman–Crippen MR) is 163 cm³/mol. The normalized spacial score (nSPS) is 28.2. The van der Waals surface area contributed by atoms with Crippen molar-refractivity contribution in [3.05, 3.63) is 49.9 Å². The lowest BCUT2D eigenvalue weighted by atomic mass is 9.80. The molecule has 0 radical (unpaired) electrons. The zero-order chi connectivity index (χ0) is 29.8. The van der Waals surface area contributed by atoms with Crippen LogP contribution in [0.5, 0.6) is 11.5 Å². The van der Waals surface area contributed by atoms with Crippen LogP contribution in [-0.4, -0.2) is 77.2 Å². The third-order valence-corrected chi connectivity index (χ3v) is 10.8. The smallest absolute Gasteiger partial charge is 0.254 e. The van der Waals surface area contributed by atoms with Crippen LogP contribution in [-0.2, 0) is 6.54 Å². The highest BCUT2D eigenvalue weighted by atomic mass is 35.5. The number of fused-ring (bicyclic) bond motifs is 1. The number of carbonyl (C=O) groups is 1. The molecule has 1 aromatic heterocycles. The quantitative estimate of drug-likeness (QED) is 0.419. The summed E-state index contributed by atoms with van der Waals surface area (Å²) in [7, 11) is 0. The van der Waals surface area contributed by atoms with E-state index in [4.69, 9.17) is 21.1 Å². The fourth-order valence-electron chi connectivity index (χ4n) is 7.10. The van der Waals surface area contributed by atoms with Gasteiger partial charge in [-0.05, 0) is 64.3 Å². The largest absolute Gasteiger partial charge is 0.448 e. The molecule has 2 N–H and O–H groups in total. The number of carbonyl (C=O) groups excluding carboxylic acids is 1. The van der Waals surface area contributed by atoms with Crippen molar-refractivity contribution in [2.45, 2.75) is 88.4 Å². The Morgan fingerprint density at radius 2 is 1.81 bits per heavy atom. The van der Waals surface area contributed by atoms with Gasteiger partial charge in [0.15, 0.2) is 11.5 Å². The minimum atomic E-state index is -0.859. The van der Waals surface area contributed by atoms with Crippen molar-refractivity contribution < 1.29 is 18.7 Å². The van der Waals surface area contributed by atoms with E-state index < -0.39 is 12.0 Å². The predicted octanol–water partition coefficient (Wildman–Crippen LogP) is 5.07. The number of nitrogens with zero attached hydrogens (tertiary/aromatic N) is 2. The molecule has 1 unspecified atom stereocenters. The lowest BCUT2D eigenvalue weighted by Crippen LogP contribution is -2.62. The zero-order valence-electron chi connectivity index (χ0n) is 24.7. The van der Waals surface area contributed by atoms with Crippen molar-refractivity contribution in [2.75, 3.05) is 32.4 Å². The van der Waals surface area contributed by atoms with E-state index >= 15 is 0 Å². The molecule has 1 saturated carbocycles. The second-order valence-corrected chi connectivity index (χ2v) is 13.7. The fraction of sp³-hybridized carbons (Fsp3) is 0.613. The molecule has 228 valence electrons. The van der Waals surface area contributed by atoms with E-state index in [9.17, 15) is 14.0 Å². The number of rotatable bonds is 7. The Morgan fingerprint density at radius 3 is 2.48 bits per heavy atom. The molecule has 4 heterocycles. The number of aromatic nitrogens is 1. The van der Waals surface area contributed by atoms with Crippen molar-refractivity contribution in [1.82, 2.24) is 20.1 Å². The Balaban J connectivity index is 1.08. The summed E-state index contributed by atoms with van der Waals surface area (Å²) in [5.74, 6) is -0.00148. The van der Waals surface area contributed by atoms with E-state index in [2.05, 4.69) is 20.1 Å². The number of amides is 1. The first kappa shape index (κ1) is 29.8. The van der Waals surface area contributed by atoms with Gasteiger partial charge in [0.2, 0.25) is 0 Å². The first-order chi connectivity index (χ1) is 20.1. The molecular weight excluding hydrogens is 579 g/mol. The van der Waals surface area contributed by atoms with E-state index in [0.717, 1.165) is 55.9 Å². The zero-order valence-corrected chi connectivity index (χ0v) is 26.3. The third-order valence-electron chi connectivity index (χ3n) is 9.69. The summed E-state index contributed by atoms with van der Waals surface area (Å²) in [6, 6.07) is 4.57. The summed E-state index contributed by atoms with van der Waals surface area (Å²) in [5, 5.41) is 3.22. The lowest BCUT2D eigenvalue weighted by molar-refractivity contribution is -0.127. The first-order valence-electron chi connectivity index (χ1n) is 14.9. The Labute approximate surface area is 255 Å². The first-order valence-corrected chi connectivity index (χ1v) is 16.5. The topological polar surface area (TPSA) is 86.9 Å². The van der Waals surface area contributed by atoms with Crippen LogP contribution in [0.3, 0.4) is 0 Å². The molecule has 3 aliphatic heterocycles. The van der Waals surface area contributed by atoms with Crippen LogP contribution in [0, 0.1) is 19.8 Å². The average molecular weight is 619 g/mol. The maximum atomic E-state index is 13.6. The van der Waals surface area contributed by atoms with Gasteiger partial charge in [-0.2, -0.15) is 0 Å². The SMILES string of the molecule is CSc1cc(C)[nH]c(=O)c1CNC(=O)c1cc(Cl)c2c(c1C)OC(C)(C1CCC(N3CC(N4CC[C@@H](F)C4)C3)CC1)O2. The average Bonchev–Trinajstić information content (AvgIpc) is 3.53. The van der Waals surface area contributed by atoms with Gasteiger partial charge in [0.1, 0.15) is 6.17 Å². The number of aromatic amines is 1. The summed E-state index contributed by atoms with van der Waals surface area (Å²) in [4.78, 5) is 34.3. The number of benzene rings is 1. The summed E-state index contributed by atoms with van der Waals surface area (Å²) in [5.41, 5.74) is 2.15. The number of halogens is 2. The van der Waals surface area contributed by atoms with E-state index in [0.29, 0.717) is 58.3 Å². The van der Waals surface area contributed by atoms with Crippen molar-refractivity contribution in [3.8, 4) is 11.5 Å². The van der Waals surface area contributed by atoms with E-state index in [1.165, 1.54) is 11.8 Å². The minimum absolute atomic E-state index is 0.100. The number of pyridine rings is 1. The van der Waals surface area contributed by atoms with Crippen LogP contribution in [0.2, 0.25) is 5.02 Å². The van der Waals surface area contributed by atoms with Crippen molar-refractivity contribution in [2.24, 2.45) is 5.92 Å². The molecule has 6 rings (SSSR count). The maximum Gasteiger partial charge on any atom is 0.254 e. The minimum Gasteiger partial charge on any atom is -0.448 e. The molecule has 1 aromatic carbocycles. The van der Waals surface area contributed by atoms with E-state index in [-0.39, 0.29) is 23.9 Å². The fourth-order valence-corrected chi connectivity index (χ4v) is 8.04. The van der Waals surface area contributed by atoms with Crippen molar-refractivity contribution >= 4 is 29.3 Å². The molecule has 42 heavy (non-hydrogen) atoms. The van der Waals surface area contributed by atoms with E-state index in [1.807, 2.05) is 33.1 Å². The van der Waals surface area contributed by atoms with Crippen LogP contribution in [0.15, 0.2) is 21.8 Å². The van der Waals surface area contributed by atoms with Gasteiger partial charge in [0.05, 0.1) is 5.02 Å². The number of nitrogens with one attached hydrogen (secondary N) is 2. The molecule has 2 atom stereocenters. The van der Waals surface area contributed by atoms with Crippen LogP contribution < -0.4 is 20.3 Å².